The summed E-state index contributed by atoms with van der Waals surface area (Å²) < 4.78 is 0. The first-order chi connectivity index (χ1) is 11.0. The molecule has 0 saturated heterocycles. The summed E-state index contributed by atoms with van der Waals surface area (Å²) in [5, 5.41) is 0.527. The fourth-order valence-electron chi connectivity index (χ4n) is 2.27. The second kappa shape index (κ2) is 6.32. The minimum atomic E-state index is -0.566. The topological polar surface area (TPSA) is 50.3 Å². The van der Waals surface area contributed by atoms with Crippen molar-refractivity contribution in [2.24, 2.45) is 0 Å². The van der Waals surface area contributed by atoms with E-state index in [4.69, 9.17) is 34.8 Å². The molecule has 0 N–H and O–H groups in total. The molecule has 2 heterocycles. The van der Waals surface area contributed by atoms with Crippen molar-refractivity contribution in [3.05, 3.63) is 68.9 Å². The van der Waals surface area contributed by atoms with Gasteiger partial charge in [-0.2, -0.15) is 0 Å². The average molecular weight is 368 g/mol. The number of hydrogen-bond donors (Lipinski definition) is 0. The van der Waals surface area contributed by atoms with Gasteiger partial charge in [0.25, 0.3) is 11.8 Å². The van der Waals surface area contributed by atoms with Crippen molar-refractivity contribution in [1.29, 1.82) is 0 Å². The first kappa shape index (κ1) is 16.0. The van der Waals surface area contributed by atoms with Gasteiger partial charge in [-0.3, -0.25) is 19.5 Å². The van der Waals surface area contributed by atoms with Crippen LogP contribution in [0, 0.1) is 0 Å². The Balaban J connectivity index is 1.96. The Morgan fingerprint density at radius 3 is 2.43 bits per heavy atom. The van der Waals surface area contributed by atoms with E-state index in [9.17, 15) is 9.59 Å². The smallest absolute Gasteiger partial charge is 0.268 e. The maximum Gasteiger partial charge on any atom is 0.273 e. The van der Waals surface area contributed by atoms with E-state index in [2.05, 4.69) is 4.98 Å². The van der Waals surface area contributed by atoms with Crippen LogP contribution >= 0.6 is 34.8 Å². The van der Waals surface area contributed by atoms with Crippen molar-refractivity contribution < 1.29 is 9.59 Å². The normalized spacial score (nSPS) is 14.8. The van der Waals surface area contributed by atoms with E-state index in [0.717, 1.165) is 4.90 Å². The highest BCUT2D eigenvalue weighted by Crippen LogP contribution is 2.36. The van der Waals surface area contributed by atoms with Gasteiger partial charge in [0.2, 0.25) is 0 Å². The molecule has 7 heteroatoms. The van der Waals surface area contributed by atoms with Crippen molar-refractivity contribution in [3.8, 4) is 0 Å². The molecule has 0 atom stereocenters. The van der Waals surface area contributed by atoms with Gasteiger partial charge in [0, 0.05) is 16.8 Å². The standard InChI is InChI=1S/C16H9Cl3N2O2/c17-9-4-5-11(12(18)7-9)13-14(19)16(23)21(15(13)22)8-10-3-1-2-6-20-10/h1-7H,8H2. The summed E-state index contributed by atoms with van der Waals surface area (Å²) in [6.07, 6.45) is 1.59. The lowest BCUT2D eigenvalue weighted by Gasteiger charge is -2.14. The molecule has 0 spiro atoms. The summed E-state index contributed by atoms with van der Waals surface area (Å²) >= 11 is 18.1. The molecule has 0 saturated carbocycles. The molecule has 1 aromatic carbocycles. The third-order valence-corrected chi connectivity index (χ3v) is 4.26. The minimum absolute atomic E-state index is 0.0451. The van der Waals surface area contributed by atoms with Crippen molar-refractivity contribution in [1.82, 2.24) is 9.88 Å². The fraction of sp³-hybridized carbons (Fsp3) is 0.0625. The molecule has 2 amide bonds. The first-order valence-electron chi connectivity index (χ1n) is 6.60. The quantitative estimate of drug-likeness (QED) is 0.773. The zero-order valence-electron chi connectivity index (χ0n) is 11.6. The van der Waals surface area contributed by atoms with Crippen LogP contribution in [-0.2, 0) is 16.1 Å². The Morgan fingerprint density at radius 2 is 1.78 bits per heavy atom. The van der Waals surface area contributed by atoms with E-state index in [-0.39, 0.29) is 22.2 Å². The third kappa shape index (κ3) is 2.98. The highest BCUT2D eigenvalue weighted by molar-refractivity contribution is 6.55. The maximum atomic E-state index is 12.6. The number of amides is 2. The number of carbonyl (C=O) groups excluding carboxylic acids is 2. The van der Waals surface area contributed by atoms with Crippen LogP contribution in [0.25, 0.3) is 5.57 Å². The summed E-state index contributed by atoms with van der Waals surface area (Å²) in [6.45, 7) is 0.0451. The number of pyridine rings is 1. The van der Waals surface area contributed by atoms with Crippen LogP contribution in [0.15, 0.2) is 47.6 Å². The van der Waals surface area contributed by atoms with Crippen LogP contribution in [0.3, 0.4) is 0 Å². The Labute approximate surface area is 147 Å². The molecule has 0 bridgehead atoms. The van der Waals surface area contributed by atoms with Crippen LogP contribution in [0.4, 0.5) is 0 Å². The number of halogens is 3. The summed E-state index contributed by atoms with van der Waals surface area (Å²) in [7, 11) is 0. The molecular weight excluding hydrogens is 359 g/mol. The molecule has 1 aromatic heterocycles. The van der Waals surface area contributed by atoms with Crippen molar-refractivity contribution in [2.75, 3.05) is 0 Å². The minimum Gasteiger partial charge on any atom is -0.268 e. The maximum absolute atomic E-state index is 12.6. The molecule has 116 valence electrons. The summed E-state index contributed by atoms with van der Waals surface area (Å²) in [5.41, 5.74) is 1.04. The number of benzene rings is 1. The van der Waals surface area contributed by atoms with E-state index < -0.39 is 11.8 Å². The van der Waals surface area contributed by atoms with Gasteiger partial charge in [0.1, 0.15) is 5.03 Å². The first-order valence-corrected chi connectivity index (χ1v) is 7.73. The molecule has 0 unspecified atom stereocenters. The molecule has 4 nitrogen and oxygen atoms in total. The fourth-order valence-corrected chi connectivity index (χ4v) is 3.06. The van der Waals surface area contributed by atoms with Gasteiger partial charge in [-0.15, -0.1) is 0 Å². The van der Waals surface area contributed by atoms with Crippen LogP contribution < -0.4 is 0 Å². The number of aromatic nitrogens is 1. The van der Waals surface area contributed by atoms with Crippen molar-refractivity contribution in [2.45, 2.75) is 6.54 Å². The van der Waals surface area contributed by atoms with Gasteiger partial charge < -0.3 is 0 Å². The highest BCUT2D eigenvalue weighted by atomic mass is 35.5. The lowest BCUT2D eigenvalue weighted by Crippen LogP contribution is -2.31. The highest BCUT2D eigenvalue weighted by Gasteiger charge is 2.39. The van der Waals surface area contributed by atoms with Gasteiger partial charge >= 0.3 is 0 Å². The summed E-state index contributed by atoms with van der Waals surface area (Å²) in [4.78, 5) is 30.1. The van der Waals surface area contributed by atoms with Crippen molar-refractivity contribution >= 4 is 52.2 Å². The van der Waals surface area contributed by atoms with Crippen LogP contribution in [0.5, 0.6) is 0 Å². The monoisotopic (exact) mass is 366 g/mol. The molecule has 1 aliphatic heterocycles. The SMILES string of the molecule is O=C1C(Cl)=C(c2ccc(Cl)cc2Cl)C(=O)N1Cc1ccccn1. The lowest BCUT2D eigenvalue weighted by molar-refractivity contribution is -0.137. The van der Waals surface area contributed by atoms with E-state index in [1.165, 1.54) is 6.07 Å². The van der Waals surface area contributed by atoms with Gasteiger partial charge in [-0.05, 0) is 24.3 Å². The van der Waals surface area contributed by atoms with Gasteiger partial charge in [0.05, 0.1) is 22.8 Å². The molecule has 0 aliphatic carbocycles. The summed E-state index contributed by atoms with van der Waals surface area (Å²) in [6, 6.07) is 9.90. The number of carbonyl (C=O) groups is 2. The molecule has 0 fully saturated rings. The molecule has 2 aromatic rings. The van der Waals surface area contributed by atoms with Gasteiger partial charge in [-0.25, -0.2) is 0 Å². The Kier molecular flexibility index (Phi) is 4.39. The Morgan fingerprint density at radius 1 is 1.00 bits per heavy atom. The van der Waals surface area contributed by atoms with E-state index in [1.807, 2.05) is 0 Å². The summed E-state index contributed by atoms with van der Waals surface area (Å²) in [5.74, 6) is -1.07. The Hall–Kier alpha value is -1.88. The van der Waals surface area contributed by atoms with Crippen LogP contribution in [-0.4, -0.2) is 21.7 Å². The molecular formula is C16H9Cl3N2O2. The second-order valence-electron chi connectivity index (χ2n) is 4.83. The predicted molar refractivity (Wildman–Crippen MR) is 89.0 cm³/mol. The Bertz CT molecular complexity index is 834. The van der Waals surface area contributed by atoms with E-state index in [1.54, 1.807) is 36.5 Å². The van der Waals surface area contributed by atoms with Crippen LogP contribution in [0.1, 0.15) is 11.3 Å². The number of imide groups is 1. The molecule has 23 heavy (non-hydrogen) atoms. The van der Waals surface area contributed by atoms with Crippen molar-refractivity contribution in [3.63, 3.8) is 0 Å². The molecule has 3 rings (SSSR count). The van der Waals surface area contributed by atoms with E-state index in [0.29, 0.717) is 16.3 Å². The predicted octanol–water partition coefficient (Wildman–Crippen LogP) is 3.91. The second-order valence-corrected chi connectivity index (χ2v) is 6.05. The van der Waals surface area contributed by atoms with Gasteiger partial charge in [0.15, 0.2) is 0 Å². The van der Waals surface area contributed by atoms with E-state index >= 15 is 0 Å². The number of rotatable bonds is 3. The zero-order valence-corrected chi connectivity index (χ0v) is 13.9. The molecule has 1 aliphatic rings. The number of hydrogen-bond acceptors (Lipinski definition) is 3. The van der Waals surface area contributed by atoms with Gasteiger partial charge in [-0.1, -0.05) is 46.9 Å². The number of nitrogens with zero attached hydrogens (tertiary/aromatic N) is 2. The van der Waals surface area contributed by atoms with Crippen LogP contribution in [0.2, 0.25) is 10.0 Å². The third-order valence-electron chi connectivity index (χ3n) is 3.36. The zero-order chi connectivity index (χ0) is 16.6. The average Bonchev–Trinajstić information content (AvgIpc) is 2.73. The largest absolute Gasteiger partial charge is 0.273 e. The lowest BCUT2D eigenvalue weighted by atomic mass is 10.1. The molecule has 0 radical (unpaired) electrons.